The van der Waals surface area contributed by atoms with Crippen molar-refractivity contribution in [1.29, 1.82) is 0 Å². The minimum Gasteiger partial charge on any atom is -0.396 e. The lowest BCUT2D eigenvalue weighted by Gasteiger charge is -1.97. The average Bonchev–Trinajstić information content (AvgIpc) is 2.19. The molecule has 0 aliphatic carbocycles. The Bertz CT molecular complexity index is 279. The van der Waals surface area contributed by atoms with Crippen molar-refractivity contribution in [3.05, 3.63) is 41.5 Å². The molecule has 0 aliphatic rings. The first-order valence-corrected chi connectivity index (χ1v) is 4.34. The summed E-state index contributed by atoms with van der Waals surface area (Å²) < 4.78 is 0. The van der Waals surface area contributed by atoms with Gasteiger partial charge in [-0.05, 0) is 23.6 Å². The predicted octanol–water partition coefficient (Wildman–Crippen LogP) is 1.57. The highest BCUT2D eigenvalue weighted by Crippen LogP contribution is 2.07. The van der Waals surface area contributed by atoms with E-state index < -0.39 is 0 Å². The molecule has 2 N–H and O–H groups in total. The molecule has 0 radical (unpaired) electrons. The molecule has 0 spiro atoms. The molecule has 13 heavy (non-hydrogen) atoms. The predicted molar refractivity (Wildman–Crippen MR) is 53.1 cm³/mol. The quantitative estimate of drug-likeness (QED) is 0.734. The molecule has 2 heteroatoms. The Morgan fingerprint density at radius 3 is 2.77 bits per heavy atom. The van der Waals surface area contributed by atoms with Crippen LogP contribution in [0.25, 0.3) is 6.08 Å². The maximum Gasteiger partial charge on any atom is 0.0682 e. The van der Waals surface area contributed by atoms with Crippen molar-refractivity contribution in [3.63, 3.8) is 0 Å². The van der Waals surface area contributed by atoms with Crippen molar-refractivity contribution in [1.82, 2.24) is 0 Å². The molecule has 0 aliphatic heterocycles. The highest BCUT2D eigenvalue weighted by atomic mass is 16.3. The van der Waals surface area contributed by atoms with E-state index in [1.165, 1.54) is 0 Å². The van der Waals surface area contributed by atoms with Crippen LogP contribution in [0.5, 0.6) is 0 Å². The van der Waals surface area contributed by atoms with E-state index in [0.717, 1.165) is 11.1 Å². The smallest absolute Gasteiger partial charge is 0.0682 e. The third kappa shape index (κ3) is 3.40. The summed E-state index contributed by atoms with van der Waals surface area (Å²) in [4.78, 5) is 0. The lowest BCUT2D eigenvalue weighted by Crippen LogP contribution is -1.83. The van der Waals surface area contributed by atoms with E-state index in [1.807, 2.05) is 36.4 Å². The normalized spacial score (nSPS) is 10.9. The molecule has 0 aromatic heterocycles. The van der Waals surface area contributed by atoms with Crippen LogP contribution in [0.15, 0.2) is 30.3 Å². The second kappa shape index (κ2) is 5.51. The van der Waals surface area contributed by atoms with Crippen LogP contribution in [0.1, 0.15) is 17.5 Å². The fourth-order valence-corrected chi connectivity index (χ4v) is 1.09. The second-order valence-corrected chi connectivity index (χ2v) is 2.82. The number of benzene rings is 1. The van der Waals surface area contributed by atoms with Gasteiger partial charge >= 0.3 is 0 Å². The molecular formula is C11H14O2. The Balaban J connectivity index is 2.66. The van der Waals surface area contributed by atoms with E-state index in [0.29, 0.717) is 6.42 Å². The third-order valence-corrected chi connectivity index (χ3v) is 1.74. The lowest BCUT2D eigenvalue weighted by molar-refractivity contribution is 0.282. The molecular weight excluding hydrogens is 164 g/mol. The summed E-state index contributed by atoms with van der Waals surface area (Å²) in [5.74, 6) is 0. The summed E-state index contributed by atoms with van der Waals surface area (Å²) in [6, 6.07) is 7.68. The first kappa shape index (κ1) is 9.96. The second-order valence-electron chi connectivity index (χ2n) is 2.82. The van der Waals surface area contributed by atoms with Gasteiger partial charge in [0.05, 0.1) is 6.61 Å². The van der Waals surface area contributed by atoms with Gasteiger partial charge in [0.2, 0.25) is 0 Å². The van der Waals surface area contributed by atoms with Crippen molar-refractivity contribution < 1.29 is 10.2 Å². The molecule has 1 rings (SSSR count). The van der Waals surface area contributed by atoms with Gasteiger partial charge < -0.3 is 10.2 Å². The molecule has 1 aromatic rings. The highest BCUT2D eigenvalue weighted by molar-refractivity contribution is 5.50. The molecule has 0 unspecified atom stereocenters. The van der Waals surface area contributed by atoms with Gasteiger partial charge in [0, 0.05) is 6.61 Å². The third-order valence-electron chi connectivity index (χ3n) is 1.74. The van der Waals surface area contributed by atoms with Crippen molar-refractivity contribution in [2.24, 2.45) is 0 Å². The maximum absolute atomic E-state index is 8.87. The summed E-state index contributed by atoms with van der Waals surface area (Å²) in [6.07, 6.45) is 4.52. The molecule has 0 amide bonds. The zero-order valence-electron chi connectivity index (χ0n) is 7.48. The van der Waals surface area contributed by atoms with Crippen LogP contribution in [-0.2, 0) is 6.61 Å². The molecule has 1 aromatic carbocycles. The van der Waals surface area contributed by atoms with E-state index >= 15 is 0 Å². The van der Waals surface area contributed by atoms with E-state index in [1.54, 1.807) is 0 Å². The first-order valence-electron chi connectivity index (χ1n) is 4.34. The van der Waals surface area contributed by atoms with Crippen LogP contribution in [0.4, 0.5) is 0 Å². The van der Waals surface area contributed by atoms with Crippen LogP contribution >= 0.6 is 0 Å². The van der Waals surface area contributed by atoms with Crippen LogP contribution in [-0.4, -0.2) is 16.8 Å². The number of hydrogen-bond donors (Lipinski definition) is 2. The van der Waals surface area contributed by atoms with Gasteiger partial charge in [0.25, 0.3) is 0 Å². The highest BCUT2D eigenvalue weighted by Gasteiger charge is 1.90. The average molecular weight is 178 g/mol. The van der Waals surface area contributed by atoms with Gasteiger partial charge in [-0.1, -0.05) is 30.4 Å². The molecule has 0 heterocycles. The zero-order chi connectivity index (χ0) is 9.52. The van der Waals surface area contributed by atoms with E-state index in [-0.39, 0.29) is 13.2 Å². The first-order chi connectivity index (χ1) is 6.36. The van der Waals surface area contributed by atoms with E-state index in [9.17, 15) is 0 Å². The molecule has 0 fully saturated rings. The molecule has 0 saturated carbocycles. The van der Waals surface area contributed by atoms with E-state index in [2.05, 4.69) is 0 Å². The van der Waals surface area contributed by atoms with Gasteiger partial charge in [-0.25, -0.2) is 0 Å². The summed E-state index contributed by atoms with van der Waals surface area (Å²) in [7, 11) is 0. The summed E-state index contributed by atoms with van der Waals surface area (Å²) in [5, 5.41) is 17.4. The molecule has 0 atom stereocenters. The Labute approximate surface area is 78.2 Å². The van der Waals surface area contributed by atoms with Crippen molar-refractivity contribution in [2.75, 3.05) is 6.61 Å². The van der Waals surface area contributed by atoms with Crippen LogP contribution < -0.4 is 0 Å². The fourth-order valence-electron chi connectivity index (χ4n) is 1.09. The molecule has 2 nitrogen and oxygen atoms in total. The van der Waals surface area contributed by atoms with Crippen molar-refractivity contribution in [2.45, 2.75) is 13.0 Å². The summed E-state index contributed by atoms with van der Waals surface area (Å²) in [5.41, 5.74) is 1.96. The summed E-state index contributed by atoms with van der Waals surface area (Å²) >= 11 is 0. The van der Waals surface area contributed by atoms with Crippen molar-refractivity contribution in [3.8, 4) is 0 Å². The number of aliphatic hydroxyl groups is 2. The molecule has 70 valence electrons. The standard InChI is InChI=1S/C11H14O2/c12-7-2-1-4-10-5-3-6-11(8-10)9-13/h1,3-6,8,12-13H,2,7,9H2. The van der Waals surface area contributed by atoms with Gasteiger partial charge in [-0.2, -0.15) is 0 Å². The Hall–Kier alpha value is -1.12. The SMILES string of the molecule is OCCC=Cc1cccc(CO)c1. The number of rotatable bonds is 4. The van der Waals surface area contributed by atoms with Gasteiger partial charge in [0.15, 0.2) is 0 Å². The minimum absolute atomic E-state index is 0.0711. The number of aliphatic hydroxyl groups excluding tert-OH is 2. The van der Waals surface area contributed by atoms with Gasteiger partial charge in [-0.3, -0.25) is 0 Å². The topological polar surface area (TPSA) is 40.5 Å². The van der Waals surface area contributed by atoms with Crippen LogP contribution in [0.3, 0.4) is 0 Å². The van der Waals surface area contributed by atoms with Crippen LogP contribution in [0.2, 0.25) is 0 Å². The molecule has 0 saturated heterocycles. The van der Waals surface area contributed by atoms with Gasteiger partial charge in [0.1, 0.15) is 0 Å². The monoisotopic (exact) mass is 178 g/mol. The van der Waals surface area contributed by atoms with Crippen LogP contribution in [0, 0.1) is 0 Å². The lowest BCUT2D eigenvalue weighted by atomic mass is 10.1. The Morgan fingerprint density at radius 1 is 1.23 bits per heavy atom. The maximum atomic E-state index is 8.87. The number of hydrogen-bond acceptors (Lipinski definition) is 2. The van der Waals surface area contributed by atoms with Crippen molar-refractivity contribution >= 4 is 6.08 Å². The zero-order valence-corrected chi connectivity index (χ0v) is 7.48. The Morgan fingerprint density at radius 2 is 2.08 bits per heavy atom. The minimum atomic E-state index is 0.0711. The fraction of sp³-hybridized carbons (Fsp3) is 0.273. The Kier molecular flexibility index (Phi) is 4.23. The van der Waals surface area contributed by atoms with E-state index in [4.69, 9.17) is 10.2 Å². The summed E-state index contributed by atoms with van der Waals surface area (Å²) in [6.45, 7) is 0.248. The largest absolute Gasteiger partial charge is 0.396 e. The molecule has 0 bridgehead atoms. The van der Waals surface area contributed by atoms with Gasteiger partial charge in [-0.15, -0.1) is 0 Å².